The van der Waals surface area contributed by atoms with E-state index in [2.05, 4.69) is 28.8 Å². The van der Waals surface area contributed by atoms with Crippen molar-refractivity contribution in [3.05, 3.63) is 88.5 Å². The van der Waals surface area contributed by atoms with Crippen molar-refractivity contribution in [2.24, 2.45) is 0 Å². The van der Waals surface area contributed by atoms with Crippen molar-refractivity contribution < 1.29 is 17.6 Å². The molecular formula is C25H30ClF4N3. The van der Waals surface area contributed by atoms with Crippen molar-refractivity contribution >= 4 is 11.6 Å². The van der Waals surface area contributed by atoms with Crippen molar-refractivity contribution in [1.29, 1.82) is 0 Å². The highest BCUT2D eigenvalue weighted by Crippen LogP contribution is 2.29. The molecule has 3 aromatic rings. The predicted molar refractivity (Wildman–Crippen MR) is 125 cm³/mol. The second-order valence-corrected chi connectivity index (χ2v) is 8.67. The molecule has 0 bridgehead atoms. The zero-order valence-electron chi connectivity index (χ0n) is 19.7. The number of nitrogens with zero attached hydrogens (tertiary/aromatic N) is 3. The van der Waals surface area contributed by atoms with E-state index in [1.807, 2.05) is 39.8 Å². The molecule has 8 heteroatoms. The van der Waals surface area contributed by atoms with Gasteiger partial charge in [0.25, 0.3) is 0 Å². The van der Waals surface area contributed by atoms with Gasteiger partial charge < -0.3 is 0 Å². The van der Waals surface area contributed by atoms with Crippen LogP contribution >= 0.6 is 11.6 Å². The Kier molecular flexibility index (Phi) is 11.4. The second kappa shape index (κ2) is 13.2. The van der Waals surface area contributed by atoms with E-state index in [1.54, 1.807) is 12.3 Å². The highest BCUT2D eigenvalue weighted by molar-refractivity contribution is 6.30. The molecular weight excluding hydrogens is 454 g/mol. The summed E-state index contributed by atoms with van der Waals surface area (Å²) in [5.41, 5.74) is 2.00. The molecule has 3 nitrogen and oxygen atoms in total. The van der Waals surface area contributed by atoms with Crippen LogP contribution in [0.5, 0.6) is 0 Å². The van der Waals surface area contributed by atoms with Gasteiger partial charge in [-0.05, 0) is 54.2 Å². The molecule has 0 saturated carbocycles. The van der Waals surface area contributed by atoms with Crippen LogP contribution in [-0.2, 0) is 6.18 Å². The van der Waals surface area contributed by atoms with Gasteiger partial charge in [-0.3, -0.25) is 15.0 Å². The molecule has 0 N–H and O–H groups in total. The van der Waals surface area contributed by atoms with E-state index in [1.165, 1.54) is 18.3 Å². The molecule has 180 valence electrons. The molecule has 0 unspecified atom stereocenters. The van der Waals surface area contributed by atoms with Gasteiger partial charge in [-0.25, -0.2) is 4.39 Å². The molecule has 0 aromatic carbocycles. The van der Waals surface area contributed by atoms with Crippen LogP contribution in [0, 0.1) is 5.82 Å². The van der Waals surface area contributed by atoms with Gasteiger partial charge in [-0.2, -0.15) is 13.2 Å². The van der Waals surface area contributed by atoms with E-state index < -0.39 is 11.7 Å². The molecule has 3 aromatic heterocycles. The third-order valence-corrected chi connectivity index (χ3v) is 4.61. The predicted octanol–water partition coefficient (Wildman–Crippen LogP) is 8.43. The van der Waals surface area contributed by atoms with Gasteiger partial charge in [0.2, 0.25) is 0 Å². The Hall–Kier alpha value is -2.54. The van der Waals surface area contributed by atoms with Crippen molar-refractivity contribution in [2.45, 2.75) is 65.5 Å². The Morgan fingerprint density at radius 3 is 1.36 bits per heavy atom. The van der Waals surface area contributed by atoms with Crippen LogP contribution in [0.1, 0.15) is 81.9 Å². The lowest BCUT2D eigenvalue weighted by atomic mass is 10.1. The van der Waals surface area contributed by atoms with Crippen LogP contribution in [0.15, 0.2) is 55.0 Å². The number of hydrogen-bond donors (Lipinski definition) is 0. The summed E-state index contributed by atoms with van der Waals surface area (Å²) in [6.45, 7) is 12.0. The molecule has 0 fully saturated rings. The monoisotopic (exact) mass is 483 g/mol. The molecule has 0 saturated heterocycles. The summed E-state index contributed by atoms with van der Waals surface area (Å²) in [5, 5.41) is 0.699. The quantitative estimate of drug-likeness (QED) is 0.351. The summed E-state index contributed by atoms with van der Waals surface area (Å²) in [4.78, 5) is 11.8. The first kappa shape index (κ1) is 28.5. The maximum absolute atomic E-state index is 12.3. The fraction of sp³-hybridized carbons (Fsp3) is 0.400. The van der Waals surface area contributed by atoms with Gasteiger partial charge in [0.15, 0.2) is 0 Å². The lowest BCUT2D eigenvalue weighted by Gasteiger charge is -2.08. The van der Waals surface area contributed by atoms with Crippen LogP contribution in [0.25, 0.3) is 0 Å². The molecule has 0 aliphatic rings. The number of alkyl halides is 3. The van der Waals surface area contributed by atoms with E-state index in [4.69, 9.17) is 11.6 Å². The minimum Gasteiger partial charge on any atom is -0.260 e. The number of hydrogen-bond acceptors (Lipinski definition) is 3. The van der Waals surface area contributed by atoms with Crippen LogP contribution in [0.3, 0.4) is 0 Å². The van der Waals surface area contributed by atoms with Crippen LogP contribution in [0.4, 0.5) is 17.6 Å². The fourth-order valence-electron chi connectivity index (χ4n) is 2.37. The summed E-state index contributed by atoms with van der Waals surface area (Å²) >= 11 is 5.65. The Bertz CT molecular complexity index is 888. The third-order valence-electron chi connectivity index (χ3n) is 4.39. The first-order valence-electron chi connectivity index (χ1n) is 10.6. The zero-order valence-corrected chi connectivity index (χ0v) is 20.4. The molecule has 3 heterocycles. The molecule has 0 aliphatic carbocycles. The molecule has 0 spiro atoms. The lowest BCUT2D eigenvalue weighted by Crippen LogP contribution is -2.06. The maximum atomic E-state index is 12.3. The van der Waals surface area contributed by atoms with Gasteiger partial charge in [0.1, 0.15) is 5.82 Å². The van der Waals surface area contributed by atoms with Gasteiger partial charge >= 0.3 is 6.18 Å². The SMILES string of the molecule is CC(C)c1ccc(C(F)(F)F)cn1.CC(C)c1ccc(Cl)cn1.CC(C)c1ccc(F)cn1. The smallest absolute Gasteiger partial charge is 0.260 e. The topological polar surface area (TPSA) is 38.7 Å². The number of pyridine rings is 3. The van der Waals surface area contributed by atoms with Gasteiger partial charge in [0.05, 0.1) is 16.8 Å². The Balaban J connectivity index is 0.000000251. The highest BCUT2D eigenvalue weighted by atomic mass is 35.5. The van der Waals surface area contributed by atoms with E-state index >= 15 is 0 Å². The van der Waals surface area contributed by atoms with Crippen LogP contribution in [0.2, 0.25) is 5.02 Å². The normalized spacial score (nSPS) is 11.1. The van der Waals surface area contributed by atoms with Gasteiger partial charge in [-0.1, -0.05) is 53.1 Å². The number of aromatic nitrogens is 3. The van der Waals surface area contributed by atoms with E-state index in [-0.39, 0.29) is 11.7 Å². The first-order chi connectivity index (χ1) is 15.3. The summed E-state index contributed by atoms with van der Waals surface area (Å²) in [7, 11) is 0. The van der Waals surface area contributed by atoms with E-state index in [0.717, 1.165) is 23.7 Å². The Morgan fingerprint density at radius 1 is 0.636 bits per heavy atom. The molecule has 0 amide bonds. The van der Waals surface area contributed by atoms with E-state index in [0.29, 0.717) is 22.6 Å². The van der Waals surface area contributed by atoms with Crippen LogP contribution in [-0.4, -0.2) is 15.0 Å². The minimum absolute atomic E-state index is 0.155. The average molecular weight is 484 g/mol. The fourth-order valence-corrected chi connectivity index (χ4v) is 2.48. The lowest BCUT2D eigenvalue weighted by molar-refractivity contribution is -0.137. The van der Waals surface area contributed by atoms with Crippen LogP contribution < -0.4 is 0 Å². The highest BCUT2D eigenvalue weighted by Gasteiger charge is 2.30. The van der Waals surface area contributed by atoms with Crippen molar-refractivity contribution in [3.63, 3.8) is 0 Å². The second-order valence-electron chi connectivity index (χ2n) is 8.24. The molecule has 0 atom stereocenters. The van der Waals surface area contributed by atoms with Gasteiger partial charge in [-0.15, -0.1) is 0 Å². The van der Waals surface area contributed by atoms with Gasteiger partial charge in [0, 0.05) is 29.5 Å². The average Bonchev–Trinajstić information content (AvgIpc) is 2.75. The minimum atomic E-state index is -4.29. The van der Waals surface area contributed by atoms with Crippen molar-refractivity contribution in [2.75, 3.05) is 0 Å². The number of rotatable bonds is 3. The summed E-state index contributed by atoms with van der Waals surface area (Å²) in [6.07, 6.45) is -0.496. The Labute approximate surface area is 198 Å². The largest absolute Gasteiger partial charge is 0.417 e. The molecule has 0 radical (unpaired) electrons. The summed E-state index contributed by atoms with van der Waals surface area (Å²) in [6, 6.07) is 9.43. The molecule has 3 rings (SSSR count). The summed E-state index contributed by atoms with van der Waals surface area (Å²) in [5.74, 6) is 0.740. The number of halogens is 5. The Morgan fingerprint density at radius 2 is 1.06 bits per heavy atom. The standard InChI is InChI=1S/C9H10F3N.C8H10ClN.C8H10FN/c1-6(2)8-4-3-7(5-13-8)9(10,11)12;2*1-6(2)8-4-3-7(9)5-10-8/h3-6H,1-2H3;2*3-6H,1-2H3. The van der Waals surface area contributed by atoms with E-state index in [9.17, 15) is 17.6 Å². The zero-order chi connectivity index (χ0) is 25.2. The van der Waals surface area contributed by atoms with Crippen molar-refractivity contribution in [1.82, 2.24) is 15.0 Å². The molecule has 33 heavy (non-hydrogen) atoms. The maximum Gasteiger partial charge on any atom is 0.417 e. The first-order valence-corrected chi connectivity index (χ1v) is 10.9. The molecule has 0 aliphatic heterocycles. The summed E-state index contributed by atoms with van der Waals surface area (Å²) < 4.78 is 48.5. The third kappa shape index (κ3) is 10.7. The van der Waals surface area contributed by atoms with Crippen molar-refractivity contribution in [3.8, 4) is 0 Å².